The first kappa shape index (κ1) is 14.8. The van der Waals surface area contributed by atoms with Gasteiger partial charge in [-0.3, -0.25) is 4.99 Å². The number of aliphatic hydroxyl groups excluding tert-OH is 1. The number of benzene rings is 1. The summed E-state index contributed by atoms with van der Waals surface area (Å²) in [5, 5.41) is 13.8. The first-order chi connectivity index (χ1) is 9.19. The zero-order chi connectivity index (χ0) is 13.7. The fraction of sp³-hybridized carbons (Fsp3) is 0.417. The van der Waals surface area contributed by atoms with E-state index in [1.165, 1.54) is 11.8 Å². The van der Waals surface area contributed by atoms with Crippen molar-refractivity contribution in [3.05, 3.63) is 28.2 Å². The number of nitrogens with zero attached hydrogens (tertiary/aromatic N) is 1. The summed E-state index contributed by atoms with van der Waals surface area (Å²) in [6.07, 6.45) is -0.0582. The molecular formula is C12H14Cl2N2O2S. The van der Waals surface area contributed by atoms with Gasteiger partial charge in [-0.15, -0.1) is 0 Å². The Kier molecular flexibility index (Phi) is 5.63. The number of aliphatic imine (C=N–C) groups is 1. The second-order valence-corrected chi connectivity index (χ2v) is 5.84. The molecule has 0 saturated carbocycles. The fourth-order valence-corrected chi connectivity index (χ4v) is 2.66. The quantitative estimate of drug-likeness (QED) is 0.894. The van der Waals surface area contributed by atoms with E-state index in [0.717, 1.165) is 5.17 Å². The smallest absolute Gasteiger partial charge is 0.156 e. The van der Waals surface area contributed by atoms with Gasteiger partial charge in [-0.25, -0.2) is 0 Å². The number of hydrogen-bond donors (Lipinski definition) is 2. The molecule has 19 heavy (non-hydrogen) atoms. The van der Waals surface area contributed by atoms with Gasteiger partial charge in [0, 0.05) is 10.8 Å². The molecule has 0 radical (unpaired) electrons. The van der Waals surface area contributed by atoms with Crippen LogP contribution in [0.1, 0.15) is 0 Å². The molecule has 0 amide bonds. The molecule has 0 spiro atoms. The zero-order valence-corrected chi connectivity index (χ0v) is 12.4. The van der Waals surface area contributed by atoms with E-state index in [1.807, 2.05) is 0 Å². The van der Waals surface area contributed by atoms with Crippen LogP contribution in [-0.4, -0.2) is 41.8 Å². The average molecular weight is 321 g/mol. The number of aliphatic hydroxyl groups is 1. The molecule has 1 aliphatic rings. The summed E-state index contributed by atoms with van der Waals surface area (Å²) in [5.41, 5.74) is 0. The molecule has 0 aliphatic carbocycles. The number of thioether (sulfide) groups is 1. The summed E-state index contributed by atoms with van der Waals surface area (Å²) in [7, 11) is 0. The van der Waals surface area contributed by atoms with Crippen molar-refractivity contribution in [2.24, 2.45) is 4.99 Å². The minimum atomic E-state index is -0.0582. The lowest BCUT2D eigenvalue weighted by Gasteiger charge is -2.24. The SMILES string of the molecule is OCCSC1=NCC(Oc2ccc(Cl)cc2Cl)CN1. The number of amidine groups is 1. The summed E-state index contributed by atoms with van der Waals surface area (Å²) in [5.74, 6) is 1.25. The molecule has 1 aromatic rings. The van der Waals surface area contributed by atoms with Crippen LogP contribution in [0.15, 0.2) is 23.2 Å². The van der Waals surface area contributed by atoms with Crippen molar-refractivity contribution in [3.63, 3.8) is 0 Å². The van der Waals surface area contributed by atoms with Gasteiger partial charge in [-0.05, 0) is 18.2 Å². The Morgan fingerprint density at radius 3 is 2.95 bits per heavy atom. The highest BCUT2D eigenvalue weighted by molar-refractivity contribution is 8.13. The van der Waals surface area contributed by atoms with E-state index >= 15 is 0 Å². The summed E-state index contributed by atoms with van der Waals surface area (Å²) in [6.45, 7) is 1.38. The first-order valence-electron chi connectivity index (χ1n) is 5.82. The predicted octanol–water partition coefficient (Wildman–Crippen LogP) is 2.43. The molecule has 1 aliphatic heterocycles. The number of ether oxygens (including phenoxy) is 1. The number of rotatable bonds is 4. The molecule has 7 heteroatoms. The standard InChI is InChI=1S/C12H14Cl2N2O2S/c13-8-1-2-11(10(14)5-8)18-9-6-15-12(16-7-9)19-4-3-17/h1-2,5,9,17H,3-4,6-7H2,(H,15,16). The minimum absolute atomic E-state index is 0.0582. The molecule has 2 N–H and O–H groups in total. The van der Waals surface area contributed by atoms with Crippen molar-refractivity contribution in [2.45, 2.75) is 6.10 Å². The lowest BCUT2D eigenvalue weighted by Crippen LogP contribution is -2.41. The van der Waals surface area contributed by atoms with Crippen LogP contribution >= 0.6 is 35.0 Å². The largest absolute Gasteiger partial charge is 0.485 e. The second kappa shape index (κ2) is 7.24. The second-order valence-electron chi connectivity index (χ2n) is 3.91. The van der Waals surface area contributed by atoms with Gasteiger partial charge in [0.25, 0.3) is 0 Å². The molecule has 1 heterocycles. The average Bonchev–Trinajstić information content (AvgIpc) is 2.41. The Hall–Kier alpha value is -0.620. The van der Waals surface area contributed by atoms with E-state index in [-0.39, 0.29) is 12.7 Å². The molecule has 2 rings (SSSR count). The molecule has 104 valence electrons. The number of hydrogen-bond acceptors (Lipinski definition) is 5. The highest BCUT2D eigenvalue weighted by Crippen LogP contribution is 2.28. The van der Waals surface area contributed by atoms with Gasteiger partial charge in [-0.1, -0.05) is 35.0 Å². The van der Waals surface area contributed by atoms with Gasteiger partial charge in [-0.2, -0.15) is 0 Å². The monoisotopic (exact) mass is 320 g/mol. The lowest BCUT2D eigenvalue weighted by molar-refractivity contribution is 0.208. The van der Waals surface area contributed by atoms with Crippen molar-refractivity contribution >= 4 is 40.1 Å². The van der Waals surface area contributed by atoms with E-state index in [4.69, 9.17) is 33.0 Å². The molecule has 1 aromatic carbocycles. The van der Waals surface area contributed by atoms with Gasteiger partial charge in [0.15, 0.2) is 5.17 Å². The lowest BCUT2D eigenvalue weighted by atomic mass is 10.3. The fourth-order valence-electron chi connectivity index (χ4n) is 1.57. The summed E-state index contributed by atoms with van der Waals surface area (Å²) in [4.78, 5) is 4.36. The van der Waals surface area contributed by atoms with E-state index in [2.05, 4.69) is 10.3 Å². The first-order valence-corrected chi connectivity index (χ1v) is 7.57. The molecule has 4 nitrogen and oxygen atoms in total. The normalized spacial score (nSPS) is 18.7. The Bertz CT molecular complexity index is 471. The van der Waals surface area contributed by atoms with E-state index in [9.17, 15) is 0 Å². The molecule has 0 bridgehead atoms. The summed E-state index contributed by atoms with van der Waals surface area (Å²) >= 11 is 13.4. The van der Waals surface area contributed by atoms with E-state index in [1.54, 1.807) is 18.2 Å². The third-order valence-electron chi connectivity index (χ3n) is 2.44. The van der Waals surface area contributed by atoms with Crippen LogP contribution < -0.4 is 10.1 Å². The molecule has 1 atom stereocenters. The van der Waals surface area contributed by atoms with Gasteiger partial charge in [0.1, 0.15) is 11.9 Å². The maximum absolute atomic E-state index is 8.74. The van der Waals surface area contributed by atoms with Crippen molar-refractivity contribution in [1.82, 2.24) is 5.32 Å². The Balaban J connectivity index is 1.90. The number of nitrogens with one attached hydrogen (secondary N) is 1. The zero-order valence-electron chi connectivity index (χ0n) is 10.1. The molecule has 0 fully saturated rings. The molecule has 0 saturated heterocycles. The van der Waals surface area contributed by atoms with E-state index in [0.29, 0.717) is 34.6 Å². The van der Waals surface area contributed by atoms with Gasteiger partial charge < -0.3 is 15.2 Å². The van der Waals surface area contributed by atoms with Crippen LogP contribution in [0.5, 0.6) is 5.75 Å². The van der Waals surface area contributed by atoms with Gasteiger partial charge in [0.05, 0.1) is 24.7 Å². The summed E-state index contributed by atoms with van der Waals surface area (Å²) in [6, 6.07) is 5.15. The van der Waals surface area contributed by atoms with Crippen LogP contribution in [0.2, 0.25) is 10.0 Å². The maximum atomic E-state index is 8.74. The van der Waals surface area contributed by atoms with Gasteiger partial charge in [0.2, 0.25) is 0 Å². The van der Waals surface area contributed by atoms with E-state index < -0.39 is 0 Å². The topological polar surface area (TPSA) is 53.9 Å². The summed E-state index contributed by atoms with van der Waals surface area (Å²) < 4.78 is 5.78. The Morgan fingerprint density at radius 2 is 2.32 bits per heavy atom. The molecule has 1 unspecified atom stereocenters. The molecular weight excluding hydrogens is 307 g/mol. The van der Waals surface area contributed by atoms with Crippen molar-refractivity contribution in [2.75, 3.05) is 25.4 Å². The van der Waals surface area contributed by atoms with Crippen LogP contribution in [-0.2, 0) is 0 Å². The van der Waals surface area contributed by atoms with Crippen molar-refractivity contribution in [1.29, 1.82) is 0 Å². The van der Waals surface area contributed by atoms with Gasteiger partial charge >= 0.3 is 0 Å². The van der Waals surface area contributed by atoms with Crippen LogP contribution in [0.4, 0.5) is 0 Å². The van der Waals surface area contributed by atoms with Crippen LogP contribution in [0.25, 0.3) is 0 Å². The Morgan fingerprint density at radius 1 is 1.47 bits per heavy atom. The minimum Gasteiger partial charge on any atom is -0.485 e. The Labute approximate surface area is 126 Å². The number of halogens is 2. The third kappa shape index (κ3) is 4.45. The molecule has 0 aromatic heterocycles. The van der Waals surface area contributed by atoms with Crippen molar-refractivity contribution < 1.29 is 9.84 Å². The highest BCUT2D eigenvalue weighted by Gasteiger charge is 2.17. The van der Waals surface area contributed by atoms with Crippen molar-refractivity contribution in [3.8, 4) is 5.75 Å². The maximum Gasteiger partial charge on any atom is 0.156 e. The third-order valence-corrected chi connectivity index (χ3v) is 3.90. The predicted molar refractivity (Wildman–Crippen MR) is 80.7 cm³/mol. The van der Waals surface area contributed by atoms with Crippen LogP contribution in [0, 0.1) is 0 Å². The van der Waals surface area contributed by atoms with Crippen LogP contribution in [0.3, 0.4) is 0 Å². The highest BCUT2D eigenvalue weighted by atomic mass is 35.5.